The van der Waals surface area contributed by atoms with Crippen molar-refractivity contribution >= 4 is 16.9 Å². The Labute approximate surface area is 201 Å². The summed E-state index contributed by atoms with van der Waals surface area (Å²) in [4.78, 5) is 17.2. The first-order valence-electron chi connectivity index (χ1n) is 12.0. The van der Waals surface area contributed by atoms with E-state index in [1.807, 2.05) is 49.4 Å². The molecule has 1 aromatic heterocycles. The van der Waals surface area contributed by atoms with Gasteiger partial charge in [0.25, 0.3) is 5.91 Å². The molecule has 0 saturated heterocycles. The highest BCUT2D eigenvalue weighted by Gasteiger charge is 2.11. The number of ether oxygens (including phenoxy) is 1. The van der Waals surface area contributed by atoms with Crippen LogP contribution < -0.4 is 10.1 Å². The van der Waals surface area contributed by atoms with E-state index in [1.165, 1.54) is 11.1 Å². The third-order valence-corrected chi connectivity index (χ3v) is 6.25. The Kier molecular flexibility index (Phi) is 7.63. The van der Waals surface area contributed by atoms with Crippen molar-refractivity contribution in [1.29, 1.82) is 0 Å². The van der Waals surface area contributed by atoms with Crippen LogP contribution in [0.25, 0.3) is 11.0 Å². The number of fused-ring (bicyclic) bond motifs is 1. The minimum absolute atomic E-state index is 0.0305. The fourth-order valence-electron chi connectivity index (χ4n) is 4.11. The van der Waals surface area contributed by atoms with Crippen molar-refractivity contribution < 1.29 is 9.53 Å². The molecule has 1 heterocycles. The first-order valence-corrected chi connectivity index (χ1v) is 12.0. The van der Waals surface area contributed by atoms with Gasteiger partial charge in [-0.15, -0.1) is 0 Å². The van der Waals surface area contributed by atoms with Crippen molar-refractivity contribution in [2.75, 3.05) is 13.2 Å². The maximum absolute atomic E-state index is 12.4. The molecule has 0 fully saturated rings. The summed E-state index contributed by atoms with van der Waals surface area (Å²) in [5.41, 5.74) is 6.44. The van der Waals surface area contributed by atoms with E-state index in [0.29, 0.717) is 18.7 Å². The van der Waals surface area contributed by atoms with Crippen molar-refractivity contribution in [2.45, 2.75) is 46.6 Å². The predicted molar refractivity (Wildman–Crippen MR) is 138 cm³/mol. The standard InChI is InChI=1S/C29H33N3O2/c1-21-14-16-24(17-15-21)29(33)30-18-7-13-28-31-25-10-4-5-11-26(25)32(28)19-8-20-34-27-12-6-9-22(2)23(27)3/h4-6,9-12,14-17H,7-8,13,18-20H2,1-3H3,(H,30,33). The third-order valence-electron chi connectivity index (χ3n) is 6.25. The molecular formula is C29H33N3O2. The maximum atomic E-state index is 12.4. The van der Waals surface area contributed by atoms with Gasteiger partial charge < -0.3 is 14.6 Å². The summed E-state index contributed by atoms with van der Waals surface area (Å²) in [7, 11) is 0. The molecule has 4 rings (SSSR count). The number of carbonyl (C=O) groups is 1. The molecule has 1 amide bonds. The Morgan fingerprint density at radius 2 is 1.74 bits per heavy atom. The lowest BCUT2D eigenvalue weighted by atomic mass is 10.1. The van der Waals surface area contributed by atoms with Crippen LogP contribution in [0.4, 0.5) is 0 Å². The molecule has 0 unspecified atom stereocenters. The van der Waals surface area contributed by atoms with Crippen LogP contribution >= 0.6 is 0 Å². The van der Waals surface area contributed by atoms with Crippen molar-refractivity contribution in [1.82, 2.24) is 14.9 Å². The average molecular weight is 456 g/mol. The topological polar surface area (TPSA) is 56.2 Å². The van der Waals surface area contributed by atoms with Crippen LogP contribution in [0.1, 0.15) is 45.7 Å². The fraction of sp³-hybridized carbons (Fsp3) is 0.310. The van der Waals surface area contributed by atoms with E-state index in [0.717, 1.165) is 54.0 Å². The van der Waals surface area contributed by atoms with Gasteiger partial charge in [0.1, 0.15) is 11.6 Å². The molecule has 34 heavy (non-hydrogen) atoms. The largest absolute Gasteiger partial charge is 0.493 e. The first-order chi connectivity index (χ1) is 16.5. The molecule has 5 heteroatoms. The number of nitrogens with zero attached hydrogens (tertiary/aromatic N) is 2. The van der Waals surface area contributed by atoms with Gasteiger partial charge in [-0.2, -0.15) is 0 Å². The number of rotatable bonds is 10. The molecule has 0 radical (unpaired) electrons. The first kappa shape index (κ1) is 23.6. The van der Waals surface area contributed by atoms with Gasteiger partial charge in [-0.3, -0.25) is 4.79 Å². The van der Waals surface area contributed by atoms with Gasteiger partial charge in [0, 0.05) is 25.1 Å². The lowest BCUT2D eigenvalue weighted by molar-refractivity contribution is 0.0953. The highest BCUT2D eigenvalue weighted by molar-refractivity contribution is 5.94. The van der Waals surface area contributed by atoms with Crippen molar-refractivity contribution in [3.63, 3.8) is 0 Å². The normalized spacial score (nSPS) is 11.0. The van der Waals surface area contributed by atoms with Crippen LogP contribution in [-0.2, 0) is 13.0 Å². The minimum Gasteiger partial charge on any atom is -0.493 e. The van der Waals surface area contributed by atoms with Crippen LogP contribution in [0.3, 0.4) is 0 Å². The van der Waals surface area contributed by atoms with Gasteiger partial charge in [0.05, 0.1) is 17.6 Å². The molecule has 0 bridgehead atoms. The fourth-order valence-corrected chi connectivity index (χ4v) is 4.11. The van der Waals surface area contributed by atoms with Crippen molar-refractivity contribution in [2.24, 2.45) is 0 Å². The van der Waals surface area contributed by atoms with Crippen LogP contribution in [0, 0.1) is 20.8 Å². The van der Waals surface area contributed by atoms with Crippen molar-refractivity contribution in [3.05, 3.63) is 94.8 Å². The number of imidazole rings is 1. The van der Waals surface area contributed by atoms with E-state index in [4.69, 9.17) is 9.72 Å². The van der Waals surface area contributed by atoms with Gasteiger partial charge in [0.15, 0.2) is 0 Å². The number of hydrogen-bond donors (Lipinski definition) is 1. The minimum atomic E-state index is -0.0305. The van der Waals surface area contributed by atoms with E-state index >= 15 is 0 Å². The van der Waals surface area contributed by atoms with Gasteiger partial charge in [-0.25, -0.2) is 4.98 Å². The number of aromatic nitrogens is 2. The number of benzene rings is 3. The molecule has 176 valence electrons. The number of para-hydroxylation sites is 2. The number of nitrogens with one attached hydrogen (secondary N) is 1. The zero-order valence-electron chi connectivity index (χ0n) is 20.3. The zero-order valence-corrected chi connectivity index (χ0v) is 20.3. The smallest absolute Gasteiger partial charge is 0.251 e. The second-order valence-corrected chi connectivity index (χ2v) is 8.79. The Morgan fingerprint density at radius 1 is 0.941 bits per heavy atom. The average Bonchev–Trinajstić information content (AvgIpc) is 3.19. The molecule has 0 atom stereocenters. The van der Waals surface area contributed by atoms with E-state index < -0.39 is 0 Å². The van der Waals surface area contributed by atoms with E-state index in [-0.39, 0.29) is 5.91 Å². The van der Waals surface area contributed by atoms with E-state index in [9.17, 15) is 4.79 Å². The summed E-state index contributed by atoms with van der Waals surface area (Å²) in [5.74, 6) is 1.98. The molecule has 0 aliphatic carbocycles. The second-order valence-electron chi connectivity index (χ2n) is 8.79. The number of hydrogen-bond acceptors (Lipinski definition) is 3. The second kappa shape index (κ2) is 11.0. The molecule has 5 nitrogen and oxygen atoms in total. The van der Waals surface area contributed by atoms with Gasteiger partial charge in [-0.1, -0.05) is 42.0 Å². The van der Waals surface area contributed by atoms with Gasteiger partial charge in [-0.05, 0) is 75.1 Å². The van der Waals surface area contributed by atoms with E-state index in [2.05, 4.69) is 48.0 Å². The van der Waals surface area contributed by atoms with Gasteiger partial charge in [0.2, 0.25) is 0 Å². The zero-order chi connectivity index (χ0) is 23.9. The van der Waals surface area contributed by atoms with Crippen molar-refractivity contribution in [3.8, 4) is 5.75 Å². The van der Waals surface area contributed by atoms with E-state index in [1.54, 1.807) is 0 Å². The predicted octanol–water partition coefficient (Wildman–Crippen LogP) is 5.79. The molecule has 0 aliphatic heterocycles. The number of carbonyl (C=O) groups excluding carboxylic acids is 1. The summed E-state index contributed by atoms with van der Waals surface area (Å²) < 4.78 is 8.36. The summed E-state index contributed by atoms with van der Waals surface area (Å²) in [6.45, 7) is 8.34. The molecule has 3 aromatic carbocycles. The van der Waals surface area contributed by atoms with Gasteiger partial charge >= 0.3 is 0 Å². The highest BCUT2D eigenvalue weighted by atomic mass is 16.5. The third kappa shape index (κ3) is 5.66. The Morgan fingerprint density at radius 3 is 2.56 bits per heavy atom. The monoisotopic (exact) mass is 455 g/mol. The summed E-state index contributed by atoms with van der Waals surface area (Å²) in [5, 5.41) is 3.03. The molecule has 0 aliphatic rings. The molecule has 4 aromatic rings. The Hall–Kier alpha value is -3.60. The van der Waals surface area contributed by atoms with Crippen LogP contribution in [0.5, 0.6) is 5.75 Å². The lowest BCUT2D eigenvalue weighted by Gasteiger charge is -2.13. The quantitative estimate of drug-likeness (QED) is 0.308. The maximum Gasteiger partial charge on any atom is 0.251 e. The Balaban J connectivity index is 1.33. The molecule has 1 N–H and O–H groups in total. The highest BCUT2D eigenvalue weighted by Crippen LogP contribution is 2.21. The SMILES string of the molecule is Cc1ccc(C(=O)NCCCc2nc3ccccc3n2CCCOc2cccc(C)c2C)cc1. The number of amides is 1. The number of aryl methyl sites for hydroxylation is 4. The van der Waals surface area contributed by atoms with Crippen LogP contribution in [-0.4, -0.2) is 28.6 Å². The molecule has 0 saturated carbocycles. The summed E-state index contributed by atoms with van der Waals surface area (Å²) in [6, 6.07) is 22.1. The lowest BCUT2D eigenvalue weighted by Crippen LogP contribution is -2.25. The Bertz CT molecular complexity index is 1260. The molecule has 0 spiro atoms. The van der Waals surface area contributed by atoms with Crippen LogP contribution in [0.15, 0.2) is 66.7 Å². The summed E-state index contributed by atoms with van der Waals surface area (Å²) >= 11 is 0. The summed E-state index contributed by atoms with van der Waals surface area (Å²) in [6.07, 6.45) is 2.53. The molecular weight excluding hydrogens is 422 g/mol. The van der Waals surface area contributed by atoms with Crippen LogP contribution in [0.2, 0.25) is 0 Å².